The zero-order valence-corrected chi connectivity index (χ0v) is 9.38. The Morgan fingerprint density at radius 1 is 1.50 bits per heavy atom. The molecular formula is C12H12N2O4. The summed E-state index contributed by atoms with van der Waals surface area (Å²) in [5, 5.41) is 20.6. The third-order valence-electron chi connectivity index (χ3n) is 2.18. The van der Waals surface area contributed by atoms with Gasteiger partial charge in [0.25, 0.3) is 0 Å². The zero-order chi connectivity index (χ0) is 13.7. The molecule has 1 unspecified atom stereocenters. The number of hydrogen-bond donors (Lipinski definition) is 4. The van der Waals surface area contributed by atoms with Crippen molar-refractivity contribution in [3.8, 4) is 18.1 Å². The maximum absolute atomic E-state index is 11.5. The minimum atomic E-state index is -1.17. The van der Waals surface area contributed by atoms with Crippen molar-refractivity contribution in [3.63, 3.8) is 0 Å². The molecule has 0 aliphatic rings. The summed E-state index contributed by atoms with van der Waals surface area (Å²) >= 11 is 0. The number of carboxylic acid groups (broad SMARTS) is 1. The first-order chi connectivity index (χ1) is 8.45. The van der Waals surface area contributed by atoms with Crippen molar-refractivity contribution in [3.05, 3.63) is 23.8 Å². The van der Waals surface area contributed by atoms with Crippen LogP contribution in [-0.2, 0) is 4.79 Å². The zero-order valence-electron chi connectivity index (χ0n) is 9.38. The fourth-order valence-corrected chi connectivity index (χ4v) is 1.21. The Labute approximate surface area is 103 Å². The van der Waals surface area contributed by atoms with Gasteiger partial charge in [-0.1, -0.05) is 0 Å². The van der Waals surface area contributed by atoms with Crippen LogP contribution in [0.25, 0.3) is 0 Å². The SMILES string of the molecule is C#CCC(N)C(=O)Nc1cc(C(=O)O)ccc1O. The van der Waals surface area contributed by atoms with Crippen molar-refractivity contribution in [2.45, 2.75) is 12.5 Å². The van der Waals surface area contributed by atoms with Crippen LogP contribution in [0.5, 0.6) is 5.75 Å². The standard InChI is InChI=1S/C12H12N2O4/c1-2-3-8(13)11(16)14-9-6-7(12(17)18)4-5-10(9)15/h1,4-6,8,15H,3,13H2,(H,14,16)(H,17,18). The molecule has 0 fully saturated rings. The number of benzene rings is 1. The third kappa shape index (κ3) is 3.23. The van der Waals surface area contributed by atoms with E-state index >= 15 is 0 Å². The van der Waals surface area contributed by atoms with Crippen LogP contribution >= 0.6 is 0 Å². The number of hydrogen-bond acceptors (Lipinski definition) is 4. The maximum Gasteiger partial charge on any atom is 0.335 e. The van der Waals surface area contributed by atoms with Crippen LogP contribution in [0.1, 0.15) is 16.8 Å². The van der Waals surface area contributed by atoms with E-state index in [9.17, 15) is 14.7 Å². The van der Waals surface area contributed by atoms with Crippen molar-refractivity contribution >= 4 is 17.6 Å². The van der Waals surface area contributed by atoms with Gasteiger partial charge in [0.15, 0.2) is 0 Å². The monoisotopic (exact) mass is 248 g/mol. The first-order valence-electron chi connectivity index (χ1n) is 5.02. The average molecular weight is 248 g/mol. The molecule has 6 heteroatoms. The van der Waals surface area contributed by atoms with Gasteiger partial charge in [-0.05, 0) is 18.2 Å². The Kier molecular flexibility index (Phi) is 4.29. The van der Waals surface area contributed by atoms with E-state index in [4.69, 9.17) is 17.3 Å². The van der Waals surface area contributed by atoms with Crippen LogP contribution in [0, 0.1) is 12.3 Å². The molecule has 1 rings (SSSR count). The number of carbonyl (C=O) groups excluding carboxylic acids is 1. The van der Waals surface area contributed by atoms with Crippen molar-refractivity contribution in [1.82, 2.24) is 0 Å². The molecule has 1 aromatic carbocycles. The minimum absolute atomic E-state index is 0.0210. The Hall–Kier alpha value is -2.52. The number of amides is 1. The van der Waals surface area contributed by atoms with E-state index in [0.29, 0.717) is 0 Å². The predicted molar refractivity (Wildman–Crippen MR) is 65.1 cm³/mol. The molecule has 0 heterocycles. The topological polar surface area (TPSA) is 113 Å². The minimum Gasteiger partial charge on any atom is -0.506 e. The maximum atomic E-state index is 11.5. The molecule has 0 spiro atoms. The number of anilines is 1. The summed E-state index contributed by atoms with van der Waals surface area (Å²) in [6, 6.07) is 2.61. The van der Waals surface area contributed by atoms with Gasteiger partial charge >= 0.3 is 5.97 Å². The molecule has 0 aliphatic carbocycles. The highest BCUT2D eigenvalue weighted by Gasteiger charge is 2.15. The van der Waals surface area contributed by atoms with Gasteiger partial charge in [-0.2, -0.15) is 0 Å². The van der Waals surface area contributed by atoms with Gasteiger partial charge in [-0.15, -0.1) is 12.3 Å². The molecule has 1 atom stereocenters. The summed E-state index contributed by atoms with van der Waals surface area (Å²) in [6.45, 7) is 0. The molecule has 94 valence electrons. The van der Waals surface area contributed by atoms with Gasteiger partial charge in [-0.3, -0.25) is 4.79 Å². The summed E-state index contributed by atoms with van der Waals surface area (Å²) in [4.78, 5) is 22.3. The largest absolute Gasteiger partial charge is 0.506 e. The lowest BCUT2D eigenvalue weighted by molar-refractivity contribution is -0.117. The van der Waals surface area contributed by atoms with Crippen LogP contribution < -0.4 is 11.1 Å². The van der Waals surface area contributed by atoms with Crippen LogP contribution in [0.4, 0.5) is 5.69 Å². The molecule has 0 aliphatic heterocycles. The molecule has 6 nitrogen and oxygen atoms in total. The fourth-order valence-electron chi connectivity index (χ4n) is 1.21. The van der Waals surface area contributed by atoms with E-state index < -0.39 is 17.9 Å². The van der Waals surface area contributed by atoms with E-state index in [-0.39, 0.29) is 23.4 Å². The lowest BCUT2D eigenvalue weighted by Crippen LogP contribution is -2.35. The van der Waals surface area contributed by atoms with E-state index in [1.54, 1.807) is 0 Å². The van der Waals surface area contributed by atoms with E-state index in [1.165, 1.54) is 12.1 Å². The molecular weight excluding hydrogens is 236 g/mol. The Morgan fingerprint density at radius 2 is 2.17 bits per heavy atom. The smallest absolute Gasteiger partial charge is 0.335 e. The average Bonchev–Trinajstić information content (AvgIpc) is 2.31. The van der Waals surface area contributed by atoms with Crippen molar-refractivity contribution < 1.29 is 19.8 Å². The number of phenolic OH excluding ortho intramolecular Hbond substituents is 1. The summed E-state index contributed by atoms with van der Waals surface area (Å²) in [5.41, 5.74) is 5.39. The highest BCUT2D eigenvalue weighted by atomic mass is 16.4. The van der Waals surface area contributed by atoms with Crippen molar-refractivity contribution in [1.29, 1.82) is 0 Å². The molecule has 1 aromatic rings. The van der Waals surface area contributed by atoms with E-state index in [2.05, 4.69) is 11.2 Å². The van der Waals surface area contributed by atoms with Crippen molar-refractivity contribution in [2.75, 3.05) is 5.32 Å². The van der Waals surface area contributed by atoms with Gasteiger partial charge in [0.05, 0.1) is 17.3 Å². The predicted octanol–water partition coefficient (Wildman–Crippen LogP) is 0.379. The first kappa shape index (κ1) is 13.5. The number of nitrogens with one attached hydrogen (secondary N) is 1. The number of aromatic carboxylic acids is 1. The van der Waals surface area contributed by atoms with E-state index in [1.807, 2.05) is 0 Å². The van der Waals surface area contributed by atoms with Crippen LogP contribution in [0.3, 0.4) is 0 Å². The van der Waals surface area contributed by atoms with Crippen molar-refractivity contribution in [2.24, 2.45) is 5.73 Å². The van der Waals surface area contributed by atoms with Gasteiger partial charge in [0.1, 0.15) is 5.75 Å². The highest BCUT2D eigenvalue weighted by molar-refractivity contribution is 5.98. The van der Waals surface area contributed by atoms with Gasteiger partial charge in [-0.25, -0.2) is 4.79 Å². The second-order valence-corrected chi connectivity index (χ2v) is 3.54. The summed E-state index contributed by atoms with van der Waals surface area (Å²) in [7, 11) is 0. The number of carboxylic acids is 1. The molecule has 0 saturated heterocycles. The quantitative estimate of drug-likeness (QED) is 0.454. The molecule has 18 heavy (non-hydrogen) atoms. The van der Waals surface area contributed by atoms with Crippen LogP contribution in [0.15, 0.2) is 18.2 Å². The third-order valence-corrected chi connectivity index (χ3v) is 2.18. The lowest BCUT2D eigenvalue weighted by Gasteiger charge is -2.11. The van der Waals surface area contributed by atoms with Crippen LogP contribution in [0.2, 0.25) is 0 Å². The first-order valence-corrected chi connectivity index (χ1v) is 5.02. The number of rotatable bonds is 4. The number of nitrogens with two attached hydrogens (primary N) is 1. The summed E-state index contributed by atoms with van der Waals surface area (Å²) < 4.78 is 0. The van der Waals surface area contributed by atoms with Gasteiger partial charge < -0.3 is 21.3 Å². The highest BCUT2D eigenvalue weighted by Crippen LogP contribution is 2.24. The summed E-state index contributed by atoms with van der Waals surface area (Å²) in [6.07, 6.45) is 5.06. The van der Waals surface area contributed by atoms with Gasteiger partial charge in [0.2, 0.25) is 5.91 Å². The van der Waals surface area contributed by atoms with Crippen LogP contribution in [-0.4, -0.2) is 28.1 Å². The van der Waals surface area contributed by atoms with E-state index in [0.717, 1.165) is 6.07 Å². The molecule has 0 radical (unpaired) electrons. The molecule has 1 amide bonds. The Morgan fingerprint density at radius 3 is 2.72 bits per heavy atom. The number of aromatic hydroxyl groups is 1. The molecule has 5 N–H and O–H groups in total. The summed E-state index contributed by atoms with van der Waals surface area (Å²) in [5.74, 6) is 0.227. The van der Waals surface area contributed by atoms with Gasteiger partial charge in [0, 0.05) is 6.42 Å². The Balaban J connectivity index is 2.90. The molecule has 0 aromatic heterocycles. The number of carbonyl (C=O) groups is 2. The molecule has 0 saturated carbocycles. The normalized spacial score (nSPS) is 11.3. The number of phenols is 1. The second-order valence-electron chi connectivity index (χ2n) is 3.54. The molecule has 0 bridgehead atoms. The second kappa shape index (κ2) is 5.70. The number of terminal acetylenes is 1. The fraction of sp³-hybridized carbons (Fsp3) is 0.167. The Bertz CT molecular complexity index is 519. The lowest BCUT2D eigenvalue weighted by atomic mass is 10.1.